The lowest BCUT2D eigenvalue weighted by atomic mass is 9.96. The van der Waals surface area contributed by atoms with Crippen LogP contribution in [0.4, 0.5) is 10.2 Å². The molecule has 2 N–H and O–H groups in total. The van der Waals surface area contributed by atoms with E-state index in [1.807, 2.05) is 18.2 Å². The topological polar surface area (TPSA) is 90.5 Å². The molecule has 0 bridgehead atoms. The van der Waals surface area contributed by atoms with Crippen LogP contribution in [0.3, 0.4) is 0 Å². The zero-order valence-electron chi connectivity index (χ0n) is 15.6. The third-order valence-corrected chi connectivity index (χ3v) is 4.74. The predicted octanol–water partition coefficient (Wildman–Crippen LogP) is 3.78. The molecule has 0 saturated carbocycles. The molecule has 4 rings (SSSR count). The molecule has 1 aliphatic heterocycles. The van der Waals surface area contributed by atoms with Crippen molar-refractivity contribution in [2.45, 2.75) is 6.42 Å². The standard InChI is InChI=1S/C22H17FN4O2/c1-29-20-9-15(11-26-22(20)24)17-10-19(14-2-3-18(23)16(8-14)12-28)27-21(17)13-4-6-25-7-5-13/h2-9,11-12H,10H2,1H3,(H2,24,26). The van der Waals surface area contributed by atoms with Crippen LogP contribution in [0.5, 0.6) is 5.75 Å². The van der Waals surface area contributed by atoms with Gasteiger partial charge in [0.15, 0.2) is 17.9 Å². The van der Waals surface area contributed by atoms with E-state index in [1.165, 1.54) is 19.2 Å². The lowest BCUT2D eigenvalue weighted by Crippen LogP contribution is -2.02. The van der Waals surface area contributed by atoms with Gasteiger partial charge in [-0.15, -0.1) is 0 Å². The summed E-state index contributed by atoms with van der Waals surface area (Å²) >= 11 is 0. The molecule has 0 aliphatic carbocycles. The first kappa shape index (κ1) is 18.5. The monoisotopic (exact) mass is 388 g/mol. The van der Waals surface area contributed by atoms with Crippen molar-refractivity contribution >= 4 is 29.1 Å². The highest BCUT2D eigenvalue weighted by molar-refractivity contribution is 6.17. The first-order valence-electron chi connectivity index (χ1n) is 8.87. The molecule has 144 valence electrons. The first-order chi connectivity index (χ1) is 14.1. The van der Waals surface area contributed by atoms with Crippen LogP contribution in [0.15, 0.2) is 60.0 Å². The average molecular weight is 388 g/mol. The Kier molecular flexibility index (Phi) is 4.87. The molecule has 0 radical (unpaired) electrons. The number of hydrogen-bond acceptors (Lipinski definition) is 6. The SMILES string of the molecule is COc1cc(C2=C(c3ccncc3)N=C(c3ccc(F)c(C=O)c3)C2)cnc1N. The minimum Gasteiger partial charge on any atom is -0.493 e. The van der Waals surface area contributed by atoms with Gasteiger partial charge in [0.25, 0.3) is 0 Å². The Bertz CT molecular complexity index is 1160. The van der Waals surface area contributed by atoms with Crippen LogP contribution in [0.2, 0.25) is 0 Å². The van der Waals surface area contributed by atoms with Gasteiger partial charge in [-0.3, -0.25) is 14.8 Å². The van der Waals surface area contributed by atoms with Crippen LogP contribution >= 0.6 is 0 Å². The van der Waals surface area contributed by atoms with Gasteiger partial charge in [0.1, 0.15) is 5.82 Å². The van der Waals surface area contributed by atoms with Gasteiger partial charge in [-0.05, 0) is 41.5 Å². The van der Waals surface area contributed by atoms with Crippen LogP contribution in [-0.2, 0) is 0 Å². The van der Waals surface area contributed by atoms with E-state index in [0.717, 1.165) is 28.1 Å². The number of methoxy groups -OCH3 is 1. The van der Waals surface area contributed by atoms with E-state index in [4.69, 9.17) is 15.5 Å². The average Bonchev–Trinajstić information content (AvgIpc) is 3.20. The summed E-state index contributed by atoms with van der Waals surface area (Å²) in [5.74, 6) is 0.218. The van der Waals surface area contributed by atoms with Crippen LogP contribution in [0.1, 0.15) is 33.5 Å². The van der Waals surface area contributed by atoms with Crippen molar-refractivity contribution in [2.75, 3.05) is 12.8 Å². The Morgan fingerprint density at radius 2 is 1.90 bits per heavy atom. The van der Waals surface area contributed by atoms with Gasteiger partial charge in [-0.25, -0.2) is 9.37 Å². The zero-order chi connectivity index (χ0) is 20.4. The number of aliphatic imine (C=N–C) groups is 1. The highest BCUT2D eigenvalue weighted by atomic mass is 19.1. The third-order valence-electron chi connectivity index (χ3n) is 4.74. The smallest absolute Gasteiger partial charge is 0.166 e. The molecule has 0 saturated heterocycles. The summed E-state index contributed by atoms with van der Waals surface area (Å²) < 4.78 is 19.0. The highest BCUT2D eigenvalue weighted by Gasteiger charge is 2.23. The highest BCUT2D eigenvalue weighted by Crippen LogP contribution is 2.38. The molecule has 1 aliphatic rings. The molecular weight excluding hydrogens is 371 g/mol. The van der Waals surface area contributed by atoms with Gasteiger partial charge in [-0.1, -0.05) is 6.07 Å². The van der Waals surface area contributed by atoms with Crippen LogP contribution in [0.25, 0.3) is 11.3 Å². The lowest BCUT2D eigenvalue weighted by molar-refractivity contribution is 0.112. The Morgan fingerprint density at radius 3 is 2.62 bits per heavy atom. The molecule has 0 amide bonds. The number of allylic oxidation sites excluding steroid dienone is 1. The molecule has 0 fully saturated rings. The van der Waals surface area contributed by atoms with Crippen LogP contribution in [-0.4, -0.2) is 29.1 Å². The summed E-state index contributed by atoms with van der Waals surface area (Å²) in [5, 5.41) is 0. The van der Waals surface area contributed by atoms with E-state index in [2.05, 4.69) is 9.97 Å². The van der Waals surface area contributed by atoms with Crippen molar-refractivity contribution in [1.29, 1.82) is 0 Å². The number of nitrogens with two attached hydrogens (primary N) is 1. The number of nitrogen functional groups attached to an aromatic ring is 1. The molecule has 7 heteroatoms. The number of anilines is 1. The van der Waals surface area contributed by atoms with Gasteiger partial charge in [0.05, 0.1) is 24.1 Å². The van der Waals surface area contributed by atoms with E-state index in [0.29, 0.717) is 29.8 Å². The fraction of sp³-hybridized carbons (Fsp3) is 0.0909. The van der Waals surface area contributed by atoms with Gasteiger partial charge in [0, 0.05) is 36.1 Å². The summed E-state index contributed by atoms with van der Waals surface area (Å²) in [6, 6.07) is 9.96. The molecule has 29 heavy (non-hydrogen) atoms. The fourth-order valence-electron chi connectivity index (χ4n) is 3.24. The van der Waals surface area contributed by atoms with Crippen molar-refractivity contribution in [3.05, 3.63) is 83.1 Å². The predicted molar refractivity (Wildman–Crippen MR) is 109 cm³/mol. The van der Waals surface area contributed by atoms with Gasteiger partial charge in [0.2, 0.25) is 0 Å². The normalized spacial score (nSPS) is 13.4. The molecule has 0 atom stereocenters. The number of pyridine rings is 2. The van der Waals surface area contributed by atoms with Gasteiger partial charge < -0.3 is 10.5 Å². The maximum Gasteiger partial charge on any atom is 0.166 e. The summed E-state index contributed by atoms with van der Waals surface area (Å²) in [7, 11) is 1.53. The van der Waals surface area contributed by atoms with Crippen molar-refractivity contribution in [1.82, 2.24) is 9.97 Å². The number of nitrogens with zero attached hydrogens (tertiary/aromatic N) is 3. The summed E-state index contributed by atoms with van der Waals surface area (Å²) in [4.78, 5) is 24.2. The number of halogens is 1. The van der Waals surface area contributed by atoms with Crippen LogP contribution < -0.4 is 10.5 Å². The molecule has 3 heterocycles. The van der Waals surface area contributed by atoms with E-state index in [1.54, 1.807) is 24.7 Å². The second-order valence-corrected chi connectivity index (χ2v) is 6.46. The number of carbonyl (C=O) groups is 1. The fourth-order valence-corrected chi connectivity index (χ4v) is 3.24. The molecule has 2 aromatic heterocycles. The molecule has 3 aromatic rings. The first-order valence-corrected chi connectivity index (χ1v) is 8.87. The van der Waals surface area contributed by atoms with E-state index in [-0.39, 0.29) is 5.56 Å². The van der Waals surface area contributed by atoms with Crippen molar-refractivity contribution in [3.63, 3.8) is 0 Å². The van der Waals surface area contributed by atoms with E-state index < -0.39 is 5.82 Å². The molecule has 1 aromatic carbocycles. The number of aldehydes is 1. The number of rotatable bonds is 5. The minimum atomic E-state index is -0.558. The Balaban J connectivity index is 1.82. The number of carbonyl (C=O) groups excluding carboxylic acids is 1. The Hall–Kier alpha value is -3.87. The molecular formula is C22H17FN4O2. The van der Waals surface area contributed by atoms with Gasteiger partial charge >= 0.3 is 0 Å². The number of benzene rings is 1. The minimum absolute atomic E-state index is 0.0000633. The largest absolute Gasteiger partial charge is 0.493 e. The molecule has 6 nitrogen and oxygen atoms in total. The van der Waals surface area contributed by atoms with Crippen molar-refractivity contribution in [2.24, 2.45) is 4.99 Å². The molecule has 0 unspecified atom stereocenters. The maximum atomic E-state index is 13.7. The van der Waals surface area contributed by atoms with E-state index >= 15 is 0 Å². The van der Waals surface area contributed by atoms with Crippen molar-refractivity contribution < 1.29 is 13.9 Å². The summed E-state index contributed by atoms with van der Waals surface area (Å²) in [6.45, 7) is 0. The summed E-state index contributed by atoms with van der Waals surface area (Å²) in [5.41, 5.74) is 10.7. The Labute approximate surface area is 166 Å². The quantitative estimate of drug-likeness (QED) is 0.672. The maximum absolute atomic E-state index is 13.7. The van der Waals surface area contributed by atoms with E-state index in [9.17, 15) is 9.18 Å². The second kappa shape index (κ2) is 7.63. The third kappa shape index (κ3) is 3.50. The number of hydrogen-bond donors (Lipinski definition) is 1. The molecule has 0 spiro atoms. The summed E-state index contributed by atoms with van der Waals surface area (Å²) in [6.07, 6.45) is 6.04. The van der Waals surface area contributed by atoms with Gasteiger partial charge in [-0.2, -0.15) is 0 Å². The Morgan fingerprint density at radius 1 is 1.10 bits per heavy atom. The number of ether oxygens (including phenoxy) is 1. The lowest BCUT2D eigenvalue weighted by Gasteiger charge is -2.10. The second-order valence-electron chi connectivity index (χ2n) is 6.46. The zero-order valence-corrected chi connectivity index (χ0v) is 15.6. The van der Waals surface area contributed by atoms with Crippen molar-refractivity contribution in [3.8, 4) is 5.75 Å². The van der Waals surface area contributed by atoms with Crippen LogP contribution in [0, 0.1) is 5.82 Å². The number of aromatic nitrogens is 2.